The molecule has 39 heavy (non-hydrogen) atoms. The van der Waals surface area contributed by atoms with Crippen molar-refractivity contribution in [3.8, 4) is 11.3 Å². The van der Waals surface area contributed by atoms with Crippen LogP contribution in [-0.2, 0) is 30.3 Å². The van der Waals surface area contributed by atoms with Crippen molar-refractivity contribution >= 4 is 48.1 Å². The van der Waals surface area contributed by atoms with Crippen molar-refractivity contribution < 1.29 is 34.6 Å². The van der Waals surface area contributed by atoms with Crippen LogP contribution in [-0.4, -0.2) is 10.9 Å². The molecular formula is C34H36IrNO2S-. The van der Waals surface area contributed by atoms with Crippen molar-refractivity contribution in [1.82, 2.24) is 0 Å². The van der Waals surface area contributed by atoms with Crippen LogP contribution in [0.25, 0.3) is 42.2 Å². The maximum atomic E-state index is 10.0. The number of carbonyl (C=O) groups excluding carboxylic acids is 1. The molecule has 1 radical (unpaired) electrons. The first-order chi connectivity index (χ1) is 17.8. The van der Waals surface area contributed by atoms with E-state index >= 15 is 0 Å². The summed E-state index contributed by atoms with van der Waals surface area (Å²) in [7, 11) is 4.37. The summed E-state index contributed by atoms with van der Waals surface area (Å²) in [5, 5.41) is 13.5. The molecule has 205 valence electrons. The summed E-state index contributed by atoms with van der Waals surface area (Å²) in [6.45, 7) is 18.7. The zero-order valence-electron chi connectivity index (χ0n) is 23.7. The number of aryl methyl sites for hydroxylation is 2. The zero-order chi connectivity index (χ0) is 27.9. The molecule has 1 N–H and O–H groups in total. The second kappa shape index (κ2) is 11.6. The Balaban J connectivity index is 0.000000468. The monoisotopic (exact) mass is 715 g/mol. The molecule has 5 aromatic rings. The Labute approximate surface area is 249 Å². The molecule has 0 amide bonds. The second-order valence-electron chi connectivity index (χ2n) is 11.0. The fourth-order valence-corrected chi connectivity index (χ4v) is 6.38. The molecule has 0 unspecified atom stereocenters. The number of benzene rings is 3. The Hall–Kier alpha value is -3.11. The number of fused-ring (bicyclic) bond motifs is 4. The van der Waals surface area contributed by atoms with Crippen molar-refractivity contribution in [2.75, 3.05) is 0 Å². The Morgan fingerprint density at radius 1 is 0.949 bits per heavy atom. The molecule has 0 aliphatic heterocycles. The van der Waals surface area contributed by atoms with Gasteiger partial charge in [-0.15, -0.1) is 34.4 Å². The van der Waals surface area contributed by atoms with Crippen LogP contribution in [0, 0.1) is 27.8 Å². The molecule has 3 nitrogen and oxygen atoms in total. The predicted molar refractivity (Wildman–Crippen MR) is 163 cm³/mol. The molecule has 2 heterocycles. The average Bonchev–Trinajstić information content (AvgIpc) is 3.20. The standard InChI is InChI=1S/C29H28NS.C5H8O2.Ir/c1-17-12-13-22-23-14-15-30(7)26(28(23)31-27(22)18(17)2)24-16-25(29(4,5)6)21-11-9-8-10-20(21)19(24)3;1-4(6)3-5(2)7;/h8-16H,3,7H2,1-2,4-6H3;3,6H,1-2H3;/q-1;;/b;4-3-;. The molecule has 0 atom stereocenters. The number of aliphatic hydroxyl groups excluding tert-OH is 1. The molecule has 5 rings (SSSR count). The summed E-state index contributed by atoms with van der Waals surface area (Å²) in [4.78, 5) is 10.0. The van der Waals surface area contributed by atoms with Gasteiger partial charge in [-0.3, -0.25) is 4.79 Å². The number of pyridine rings is 1. The van der Waals surface area contributed by atoms with E-state index in [2.05, 4.69) is 103 Å². The van der Waals surface area contributed by atoms with Gasteiger partial charge in [0.05, 0.1) is 17.6 Å². The molecule has 0 bridgehead atoms. The van der Waals surface area contributed by atoms with E-state index in [1.807, 2.05) is 15.9 Å². The van der Waals surface area contributed by atoms with Gasteiger partial charge in [-0.25, -0.2) is 0 Å². The van der Waals surface area contributed by atoms with Gasteiger partial charge in [0.1, 0.15) is 0 Å². The normalized spacial score (nSPS) is 11.8. The number of nitrogens with zero attached hydrogens (tertiary/aromatic N) is 1. The number of hydrogen-bond donors (Lipinski definition) is 1. The van der Waals surface area contributed by atoms with E-state index in [0.717, 1.165) is 11.3 Å². The van der Waals surface area contributed by atoms with E-state index in [0.29, 0.717) is 0 Å². The summed E-state index contributed by atoms with van der Waals surface area (Å²) < 4.78 is 4.66. The van der Waals surface area contributed by atoms with Gasteiger partial charge in [0.15, 0.2) is 5.78 Å². The minimum absolute atomic E-state index is 0. The van der Waals surface area contributed by atoms with E-state index in [-0.39, 0.29) is 37.1 Å². The number of rotatable bonds is 2. The Bertz CT molecular complexity index is 1730. The van der Waals surface area contributed by atoms with Crippen molar-refractivity contribution in [2.45, 2.75) is 53.9 Å². The van der Waals surface area contributed by atoms with Crippen LogP contribution in [0.2, 0.25) is 0 Å². The number of ketones is 1. The molecule has 0 aliphatic rings. The van der Waals surface area contributed by atoms with Gasteiger partial charge in [-0.2, -0.15) is 12.5 Å². The van der Waals surface area contributed by atoms with Gasteiger partial charge in [0.25, 0.3) is 0 Å². The molecule has 2 aromatic heterocycles. The average molecular weight is 715 g/mol. The van der Waals surface area contributed by atoms with Crippen LogP contribution in [0.3, 0.4) is 0 Å². The molecule has 0 saturated heterocycles. The maximum absolute atomic E-state index is 10.0. The minimum atomic E-state index is -0.125. The topological polar surface area (TPSA) is 41.2 Å². The smallest absolute Gasteiger partial charge is 0.155 e. The van der Waals surface area contributed by atoms with Crippen LogP contribution in [0.5, 0.6) is 0 Å². The summed E-state index contributed by atoms with van der Waals surface area (Å²) in [5.74, 6) is -0.0625. The van der Waals surface area contributed by atoms with E-state index < -0.39 is 0 Å². The number of hydrogen-bond acceptors (Lipinski definition) is 3. The summed E-state index contributed by atoms with van der Waals surface area (Å²) >= 11 is 1.88. The van der Waals surface area contributed by atoms with Crippen LogP contribution in [0.15, 0.2) is 66.6 Å². The summed E-state index contributed by atoms with van der Waals surface area (Å²) in [6, 6.07) is 17.7. The van der Waals surface area contributed by atoms with Crippen molar-refractivity contribution in [2.24, 2.45) is 0 Å². The number of thiophene rings is 1. The number of aromatic nitrogens is 1. The van der Waals surface area contributed by atoms with Gasteiger partial charge in [0.2, 0.25) is 0 Å². The van der Waals surface area contributed by atoms with Crippen LogP contribution < -0.4 is 4.57 Å². The first-order valence-corrected chi connectivity index (χ1v) is 13.6. The summed E-state index contributed by atoms with van der Waals surface area (Å²) in [6.07, 6.45) is 3.25. The predicted octanol–water partition coefficient (Wildman–Crippen LogP) is 8.93. The summed E-state index contributed by atoms with van der Waals surface area (Å²) in [5.41, 5.74) is 7.46. The quantitative estimate of drug-likeness (QED) is 0.0859. The Morgan fingerprint density at radius 2 is 1.56 bits per heavy atom. The maximum Gasteiger partial charge on any atom is 0.155 e. The van der Waals surface area contributed by atoms with E-state index in [9.17, 15) is 4.79 Å². The fourth-order valence-electron chi connectivity index (χ4n) is 4.96. The SMILES string of the molecule is CC(=O)/C=C(/C)O.[CH2-]c1c(-c2c3sc4c(C)c(C)ccc4c3cc[n+]2[CH2-])cc(C(C)(C)C)c2ccccc12.[Ir]. The van der Waals surface area contributed by atoms with E-state index in [4.69, 9.17) is 5.11 Å². The largest absolute Gasteiger partial charge is 0.512 e. The number of carbonyl (C=O) groups is 1. The van der Waals surface area contributed by atoms with Crippen molar-refractivity contribution in [3.05, 3.63) is 103 Å². The number of allylic oxidation sites excluding steroid dienone is 2. The minimum Gasteiger partial charge on any atom is -0.512 e. The zero-order valence-corrected chi connectivity index (χ0v) is 26.9. The second-order valence-corrected chi connectivity index (χ2v) is 12.0. The molecule has 0 fully saturated rings. The van der Waals surface area contributed by atoms with Crippen molar-refractivity contribution in [1.29, 1.82) is 0 Å². The molecule has 0 aliphatic carbocycles. The Morgan fingerprint density at radius 3 is 2.13 bits per heavy atom. The van der Waals surface area contributed by atoms with Crippen LogP contribution in [0.4, 0.5) is 0 Å². The third-order valence-corrected chi connectivity index (χ3v) is 8.32. The van der Waals surface area contributed by atoms with Crippen molar-refractivity contribution in [3.63, 3.8) is 0 Å². The van der Waals surface area contributed by atoms with Crippen LogP contribution >= 0.6 is 11.3 Å². The van der Waals surface area contributed by atoms with Gasteiger partial charge in [-0.1, -0.05) is 62.1 Å². The first kappa shape index (κ1) is 30.4. The van der Waals surface area contributed by atoms with Gasteiger partial charge >= 0.3 is 0 Å². The molecule has 0 saturated carbocycles. The van der Waals surface area contributed by atoms with Gasteiger partial charge in [0, 0.05) is 42.6 Å². The molecule has 0 spiro atoms. The Kier molecular flexibility index (Phi) is 9.02. The molecular weight excluding hydrogens is 679 g/mol. The van der Waals surface area contributed by atoms with E-state index in [1.165, 1.54) is 73.1 Å². The van der Waals surface area contributed by atoms with Gasteiger partial charge < -0.3 is 9.67 Å². The third kappa shape index (κ3) is 5.91. The van der Waals surface area contributed by atoms with Crippen LogP contribution in [0.1, 0.15) is 56.9 Å². The van der Waals surface area contributed by atoms with Gasteiger partial charge in [-0.05, 0) is 61.1 Å². The molecule has 3 aromatic carbocycles. The third-order valence-electron chi connectivity index (χ3n) is 6.97. The first-order valence-electron chi connectivity index (χ1n) is 12.8. The fraction of sp³-hybridized carbons (Fsp3) is 0.235. The molecule has 5 heteroatoms. The van der Waals surface area contributed by atoms with E-state index in [1.54, 1.807) is 0 Å². The number of aliphatic hydroxyl groups is 1.